The predicted octanol–water partition coefficient (Wildman–Crippen LogP) is 7.07. The van der Waals surface area contributed by atoms with Crippen LogP contribution in [0.2, 0.25) is 0 Å². The van der Waals surface area contributed by atoms with Crippen LogP contribution in [0.1, 0.15) is 16.7 Å². The van der Waals surface area contributed by atoms with E-state index in [-0.39, 0.29) is 0 Å². The fourth-order valence-electron chi connectivity index (χ4n) is 5.39. The fourth-order valence-corrected chi connectivity index (χ4v) is 5.39. The molecule has 35 heavy (non-hydrogen) atoms. The summed E-state index contributed by atoms with van der Waals surface area (Å²) in [4.78, 5) is 4.96. The third kappa shape index (κ3) is 3.28. The second-order valence-corrected chi connectivity index (χ2v) is 9.41. The molecule has 0 aliphatic rings. The molecule has 0 unspecified atom stereocenters. The van der Waals surface area contributed by atoms with Crippen molar-refractivity contribution in [1.29, 1.82) is 0 Å². The predicted molar refractivity (Wildman–Crippen MR) is 142 cm³/mol. The molecule has 0 aliphatic heterocycles. The monoisotopic (exact) mass is 458 g/mol. The molecule has 4 nitrogen and oxygen atoms in total. The van der Waals surface area contributed by atoms with Crippen molar-refractivity contribution in [1.82, 2.24) is 9.55 Å². The van der Waals surface area contributed by atoms with E-state index < -0.39 is 0 Å². The summed E-state index contributed by atoms with van der Waals surface area (Å²) in [6.45, 7) is 6.42. The zero-order chi connectivity index (χ0) is 24.3. The Hall–Kier alpha value is -4.18. The van der Waals surface area contributed by atoms with Crippen LogP contribution in [-0.2, 0) is 14.1 Å². The van der Waals surface area contributed by atoms with Gasteiger partial charge < -0.3 is 4.42 Å². The van der Waals surface area contributed by atoms with E-state index in [1.54, 1.807) is 0 Å². The Kier molecular flexibility index (Phi) is 4.85. The van der Waals surface area contributed by atoms with E-state index in [9.17, 15) is 0 Å². The van der Waals surface area contributed by atoms with Crippen LogP contribution < -0.4 is 4.57 Å². The molecule has 0 atom stereocenters. The number of nitrogens with zero attached hydrogens (tertiary/aromatic N) is 3. The lowest BCUT2D eigenvalue weighted by atomic mass is 9.95. The third-order valence-corrected chi connectivity index (χ3v) is 7.08. The lowest BCUT2D eigenvalue weighted by Gasteiger charge is -2.10. The van der Waals surface area contributed by atoms with E-state index in [1.165, 1.54) is 22.2 Å². The van der Waals surface area contributed by atoms with Crippen LogP contribution in [0.5, 0.6) is 0 Å². The molecule has 6 rings (SSSR count). The van der Waals surface area contributed by atoms with Gasteiger partial charge in [-0.05, 0) is 66.8 Å². The van der Waals surface area contributed by atoms with Crippen molar-refractivity contribution in [3.63, 3.8) is 0 Å². The van der Waals surface area contributed by atoms with Crippen LogP contribution in [-0.4, -0.2) is 9.55 Å². The van der Waals surface area contributed by atoms with Crippen molar-refractivity contribution >= 4 is 22.1 Å². The summed E-state index contributed by atoms with van der Waals surface area (Å²) < 4.78 is 11.1. The van der Waals surface area contributed by atoms with E-state index in [4.69, 9.17) is 9.40 Å². The lowest BCUT2D eigenvalue weighted by molar-refractivity contribution is -0.634. The van der Waals surface area contributed by atoms with Gasteiger partial charge in [0.1, 0.15) is 11.1 Å². The fraction of sp³-hybridized carbons (Fsp3) is 0.161. The Labute approximate surface area is 205 Å². The van der Waals surface area contributed by atoms with Crippen molar-refractivity contribution in [2.45, 2.75) is 20.8 Å². The summed E-state index contributed by atoms with van der Waals surface area (Å²) in [6, 6.07) is 27.6. The van der Waals surface area contributed by atoms with Gasteiger partial charge >= 0.3 is 0 Å². The van der Waals surface area contributed by atoms with Crippen LogP contribution in [0.15, 0.2) is 83.3 Å². The molecule has 0 spiro atoms. The van der Waals surface area contributed by atoms with Crippen molar-refractivity contribution in [3.8, 4) is 34.0 Å². The van der Waals surface area contributed by atoms with Crippen molar-refractivity contribution in [2.24, 2.45) is 14.1 Å². The van der Waals surface area contributed by atoms with Crippen LogP contribution in [0, 0.1) is 20.8 Å². The van der Waals surface area contributed by atoms with E-state index in [0.717, 1.165) is 44.7 Å². The number of aromatic nitrogens is 3. The van der Waals surface area contributed by atoms with Gasteiger partial charge in [0.2, 0.25) is 5.89 Å². The maximum Gasteiger partial charge on any atom is 0.293 e. The van der Waals surface area contributed by atoms with Gasteiger partial charge in [-0.15, -0.1) is 0 Å². The highest BCUT2D eigenvalue weighted by atomic mass is 16.3. The number of imidazole rings is 1. The van der Waals surface area contributed by atoms with Gasteiger partial charge in [0.15, 0.2) is 16.6 Å². The van der Waals surface area contributed by atoms with Crippen LogP contribution >= 0.6 is 0 Å². The molecule has 172 valence electrons. The minimum atomic E-state index is 0.669. The first-order valence-electron chi connectivity index (χ1n) is 11.9. The minimum absolute atomic E-state index is 0.669. The van der Waals surface area contributed by atoms with E-state index in [2.05, 4.69) is 117 Å². The number of hydrogen-bond acceptors (Lipinski definition) is 2. The normalized spacial score (nSPS) is 11.6. The largest absolute Gasteiger partial charge is 0.435 e. The number of benzene rings is 4. The highest BCUT2D eigenvalue weighted by Crippen LogP contribution is 2.37. The summed E-state index contributed by atoms with van der Waals surface area (Å²) in [7, 11) is 4.23. The van der Waals surface area contributed by atoms with Crippen LogP contribution in [0.3, 0.4) is 0 Å². The van der Waals surface area contributed by atoms with Gasteiger partial charge in [0.05, 0.1) is 14.1 Å². The van der Waals surface area contributed by atoms with Gasteiger partial charge in [0.25, 0.3) is 5.82 Å². The molecule has 0 fully saturated rings. The van der Waals surface area contributed by atoms with Gasteiger partial charge in [-0.1, -0.05) is 60.7 Å². The molecule has 0 radical (unpaired) electrons. The second-order valence-electron chi connectivity index (χ2n) is 9.41. The molecule has 2 aromatic heterocycles. The van der Waals surface area contributed by atoms with Crippen molar-refractivity contribution < 1.29 is 8.98 Å². The van der Waals surface area contributed by atoms with Crippen LogP contribution in [0.25, 0.3) is 56.1 Å². The lowest BCUT2D eigenvalue weighted by Crippen LogP contribution is -2.30. The SMILES string of the molecule is Cc1cc(-c2ccccc2)cc(C)c1-c1nc2ccc(C)c(-c3n(C)c4ccccc4[n+]3C)c2o1. The number of fused-ring (bicyclic) bond motifs is 2. The average Bonchev–Trinajstić information content (AvgIpc) is 3.39. The van der Waals surface area contributed by atoms with Crippen molar-refractivity contribution in [2.75, 3.05) is 0 Å². The summed E-state index contributed by atoms with van der Waals surface area (Å²) in [6.07, 6.45) is 0. The number of rotatable bonds is 3. The Morgan fingerprint density at radius 1 is 0.743 bits per heavy atom. The summed E-state index contributed by atoms with van der Waals surface area (Å²) in [5.74, 6) is 1.77. The first-order valence-corrected chi connectivity index (χ1v) is 11.9. The zero-order valence-electron chi connectivity index (χ0n) is 20.8. The summed E-state index contributed by atoms with van der Waals surface area (Å²) in [5.41, 5.74) is 12.1. The molecule has 6 aromatic rings. The molecule has 2 heterocycles. The maximum absolute atomic E-state index is 6.60. The second kappa shape index (κ2) is 7.95. The molecular formula is C31H28N3O+. The number of oxazole rings is 1. The first kappa shape index (κ1) is 21.4. The molecule has 0 saturated carbocycles. The molecule has 0 aliphatic carbocycles. The minimum Gasteiger partial charge on any atom is -0.435 e. The van der Waals surface area contributed by atoms with Gasteiger partial charge in [0, 0.05) is 5.56 Å². The van der Waals surface area contributed by atoms with Gasteiger partial charge in [-0.25, -0.2) is 14.1 Å². The summed E-state index contributed by atoms with van der Waals surface area (Å²) >= 11 is 0. The van der Waals surface area contributed by atoms with Crippen molar-refractivity contribution in [3.05, 3.63) is 95.6 Å². The van der Waals surface area contributed by atoms with Gasteiger partial charge in [-0.3, -0.25) is 0 Å². The van der Waals surface area contributed by atoms with Gasteiger partial charge in [-0.2, -0.15) is 0 Å². The third-order valence-electron chi connectivity index (χ3n) is 7.08. The van der Waals surface area contributed by atoms with Crippen LogP contribution in [0.4, 0.5) is 0 Å². The topological polar surface area (TPSA) is 34.8 Å². The molecule has 0 amide bonds. The summed E-state index contributed by atoms with van der Waals surface area (Å²) in [5, 5.41) is 0. The molecule has 4 heteroatoms. The highest BCUT2D eigenvalue weighted by molar-refractivity contribution is 5.93. The standard InChI is InChI=1S/C31H28N3O/c1-19-15-16-24-29(28(19)31-33(4)25-13-9-10-14-26(25)34(31)5)35-30(32-24)27-20(2)17-23(18-21(27)3)22-11-7-6-8-12-22/h6-18H,1-5H3/q+1. The Balaban J connectivity index is 1.56. The van der Waals surface area contributed by atoms with E-state index >= 15 is 0 Å². The molecule has 0 N–H and O–H groups in total. The maximum atomic E-state index is 6.60. The van der Waals surface area contributed by atoms with E-state index in [0.29, 0.717) is 5.89 Å². The Morgan fingerprint density at radius 2 is 1.43 bits per heavy atom. The molecular weight excluding hydrogens is 430 g/mol. The molecule has 4 aromatic carbocycles. The Morgan fingerprint density at radius 3 is 2.14 bits per heavy atom. The zero-order valence-corrected chi connectivity index (χ0v) is 20.8. The molecule has 0 saturated heterocycles. The quantitative estimate of drug-likeness (QED) is 0.266. The smallest absolute Gasteiger partial charge is 0.293 e. The van der Waals surface area contributed by atoms with E-state index in [1.807, 2.05) is 6.07 Å². The number of aryl methyl sites for hydroxylation is 5. The molecule has 0 bridgehead atoms. The first-order chi connectivity index (χ1) is 16.9. The highest BCUT2D eigenvalue weighted by Gasteiger charge is 2.27. The number of hydrogen-bond donors (Lipinski definition) is 0. The average molecular weight is 459 g/mol. The Bertz CT molecular complexity index is 1680. The number of para-hydroxylation sites is 2.